The molecule has 0 bridgehead atoms. The quantitative estimate of drug-likeness (QED) is 0.742. The Morgan fingerprint density at radius 2 is 2.05 bits per heavy atom. The first kappa shape index (κ1) is 14.9. The van der Waals surface area contributed by atoms with Gasteiger partial charge in [-0.15, -0.1) is 0 Å². The largest absolute Gasteiger partial charge is 0.393 e. The minimum Gasteiger partial charge on any atom is -0.393 e. The van der Waals surface area contributed by atoms with E-state index in [4.69, 9.17) is 0 Å². The molecule has 0 aliphatic heterocycles. The van der Waals surface area contributed by atoms with Gasteiger partial charge in [0.25, 0.3) is 0 Å². The summed E-state index contributed by atoms with van der Waals surface area (Å²) in [6, 6.07) is 6.65. The van der Waals surface area contributed by atoms with Gasteiger partial charge in [0.05, 0.1) is 0 Å². The molecule has 2 rings (SSSR count). The summed E-state index contributed by atoms with van der Waals surface area (Å²) in [5.74, 6) is 0. The second kappa shape index (κ2) is 6.30. The number of allylic oxidation sites excluding steroid dienone is 3. The van der Waals surface area contributed by atoms with Gasteiger partial charge in [0.1, 0.15) is 0 Å². The minimum atomic E-state index is 0.558. The van der Waals surface area contributed by atoms with E-state index in [2.05, 4.69) is 62.6 Å². The van der Waals surface area contributed by atoms with Gasteiger partial charge in [0.2, 0.25) is 0 Å². The maximum absolute atomic E-state index is 3.18. The Hall–Kier alpha value is -1.50. The van der Waals surface area contributed by atoms with Gasteiger partial charge in [0.15, 0.2) is 0 Å². The Labute approximate surface area is 123 Å². The molecule has 1 aliphatic carbocycles. The SMILES string of the molecule is CN/C=C(\C=C/CC1(C)CCC1)c1cc(C)ccc1C. The zero-order valence-corrected chi connectivity index (χ0v) is 13.3. The third kappa shape index (κ3) is 3.53. The fourth-order valence-corrected chi connectivity index (χ4v) is 2.87. The number of hydrogen-bond donors (Lipinski definition) is 1. The molecule has 1 aromatic carbocycles. The molecule has 0 heterocycles. The van der Waals surface area contributed by atoms with Crippen LogP contribution in [0.3, 0.4) is 0 Å². The van der Waals surface area contributed by atoms with Crippen LogP contribution >= 0.6 is 0 Å². The van der Waals surface area contributed by atoms with Crippen LogP contribution < -0.4 is 5.32 Å². The molecule has 0 unspecified atom stereocenters. The third-order valence-electron chi connectivity index (χ3n) is 4.47. The molecule has 1 saturated carbocycles. The van der Waals surface area contributed by atoms with Crippen LogP contribution in [0.15, 0.2) is 36.6 Å². The summed E-state index contributed by atoms with van der Waals surface area (Å²) in [7, 11) is 1.96. The van der Waals surface area contributed by atoms with Crippen molar-refractivity contribution in [3.05, 3.63) is 53.2 Å². The number of benzene rings is 1. The molecule has 1 N–H and O–H groups in total. The Morgan fingerprint density at radius 1 is 1.30 bits per heavy atom. The molecule has 0 amide bonds. The Kier molecular flexibility index (Phi) is 4.69. The highest BCUT2D eigenvalue weighted by Gasteiger charge is 2.29. The van der Waals surface area contributed by atoms with E-state index >= 15 is 0 Å². The molecule has 1 heteroatoms. The van der Waals surface area contributed by atoms with Gasteiger partial charge < -0.3 is 5.32 Å². The molecule has 108 valence electrons. The van der Waals surface area contributed by atoms with Crippen molar-refractivity contribution in [2.45, 2.75) is 46.5 Å². The Bertz CT molecular complexity index is 519. The van der Waals surface area contributed by atoms with Crippen LogP contribution in [0, 0.1) is 19.3 Å². The third-order valence-corrected chi connectivity index (χ3v) is 4.47. The molecule has 1 fully saturated rings. The molecule has 0 saturated heterocycles. The van der Waals surface area contributed by atoms with Gasteiger partial charge in [0, 0.05) is 13.2 Å². The summed E-state index contributed by atoms with van der Waals surface area (Å²) < 4.78 is 0. The van der Waals surface area contributed by atoms with Crippen LogP contribution in [0.25, 0.3) is 5.57 Å². The lowest BCUT2D eigenvalue weighted by Gasteiger charge is -2.37. The first-order valence-corrected chi connectivity index (χ1v) is 7.66. The van der Waals surface area contributed by atoms with Crippen molar-refractivity contribution in [3.8, 4) is 0 Å². The lowest BCUT2D eigenvalue weighted by Crippen LogP contribution is -2.24. The summed E-state index contributed by atoms with van der Waals surface area (Å²) in [5.41, 5.74) is 5.80. The van der Waals surface area contributed by atoms with Gasteiger partial charge in [-0.3, -0.25) is 0 Å². The number of hydrogen-bond acceptors (Lipinski definition) is 1. The normalized spacial score (nSPS) is 18.1. The maximum atomic E-state index is 3.18. The summed E-state index contributed by atoms with van der Waals surface area (Å²) >= 11 is 0. The van der Waals surface area contributed by atoms with Gasteiger partial charge in [-0.25, -0.2) is 0 Å². The van der Waals surface area contributed by atoms with Crippen molar-refractivity contribution in [2.24, 2.45) is 5.41 Å². The summed E-state index contributed by atoms with van der Waals surface area (Å²) in [5, 5.41) is 3.18. The molecule has 0 atom stereocenters. The average Bonchev–Trinajstić information content (AvgIpc) is 2.39. The van der Waals surface area contributed by atoms with E-state index in [9.17, 15) is 0 Å². The predicted molar refractivity (Wildman–Crippen MR) is 88.7 cm³/mol. The summed E-state index contributed by atoms with van der Waals surface area (Å²) in [6.07, 6.45) is 12.1. The van der Waals surface area contributed by atoms with E-state index in [0.717, 1.165) is 0 Å². The second-order valence-electron chi connectivity index (χ2n) is 6.48. The molecule has 1 nitrogen and oxygen atoms in total. The van der Waals surface area contributed by atoms with E-state index in [1.54, 1.807) is 0 Å². The standard InChI is InChI=1S/C19H27N/c1-15-8-9-16(2)18(13-15)17(14-20-4)7-5-10-19(3)11-6-12-19/h5,7-9,13-14,20H,6,10-12H2,1-4H3/b7-5-,17-14+. The van der Waals surface area contributed by atoms with Crippen molar-refractivity contribution < 1.29 is 0 Å². The number of rotatable bonds is 5. The highest BCUT2D eigenvalue weighted by atomic mass is 14.8. The highest BCUT2D eigenvalue weighted by molar-refractivity contribution is 5.76. The fraction of sp³-hybridized carbons (Fsp3) is 0.474. The van der Waals surface area contributed by atoms with Crippen LogP contribution in [0.5, 0.6) is 0 Å². The van der Waals surface area contributed by atoms with E-state index in [-0.39, 0.29) is 0 Å². The molecule has 1 aromatic rings. The first-order valence-electron chi connectivity index (χ1n) is 7.66. The van der Waals surface area contributed by atoms with Gasteiger partial charge in [-0.2, -0.15) is 0 Å². The van der Waals surface area contributed by atoms with Crippen molar-refractivity contribution in [3.63, 3.8) is 0 Å². The second-order valence-corrected chi connectivity index (χ2v) is 6.48. The van der Waals surface area contributed by atoms with Crippen LogP contribution in [-0.4, -0.2) is 7.05 Å². The minimum absolute atomic E-state index is 0.558. The van der Waals surface area contributed by atoms with Crippen LogP contribution in [-0.2, 0) is 0 Å². The van der Waals surface area contributed by atoms with Gasteiger partial charge >= 0.3 is 0 Å². The molecular formula is C19H27N. The average molecular weight is 269 g/mol. The lowest BCUT2D eigenvalue weighted by molar-refractivity contribution is 0.165. The van der Waals surface area contributed by atoms with Gasteiger partial charge in [-0.05, 0) is 55.2 Å². The predicted octanol–water partition coefficient (Wildman–Crippen LogP) is 5.00. The van der Waals surface area contributed by atoms with E-state index in [1.807, 2.05) is 7.05 Å². The molecule has 20 heavy (non-hydrogen) atoms. The van der Waals surface area contributed by atoms with Crippen molar-refractivity contribution in [1.82, 2.24) is 5.32 Å². The molecule has 1 aliphatic rings. The lowest BCUT2D eigenvalue weighted by atomic mass is 9.68. The van der Waals surface area contributed by atoms with Crippen LogP contribution in [0.2, 0.25) is 0 Å². The van der Waals surface area contributed by atoms with E-state index < -0.39 is 0 Å². The summed E-state index contributed by atoms with van der Waals surface area (Å²) in [6.45, 7) is 6.73. The van der Waals surface area contributed by atoms with Crippen LogP contribution in [0.4, 0.5) is 0 Å². The first-order chi connectivity index (χ1) is 9.54. The Balaban J connectivity index is 2.16. The zero-order valence-electron chi connectivity index (χ0n) is 13.3. The molecular weight excluding hydrogens is 242 g/mol. The maximum Gasteiger partial charge on any atom is 0.00412 e. The highest BCUT2D eigenvalue weighted by Crippen LogP contribution is 2.43. The van der Waals surface area contributed by atoms with Crippen LogP contribution in [0.1, 0.15) is 49.3 Å². The van der Waals surface area contributed by atoms with Crippen molar-refractivity contribution in [1.29, 1.82) is 0 Å². The summed E-state index contributed by atoms with van der Waals surface area (Å²) in [4.78, 5) is 0. The number of nitrogens with one attached hydrogen (secondary N) is 1. The van der Waals surface area contributed by atoms with E-state index in [1.165, 1.54) is 47.9 Å². The van der Waals surface area contributed by atoms with Crippen molar-refractivity contribution >= 4 is 5.57 Å². The van der Waals surface area contributed by atoms with Gasteiger partial charge in [-0.1, -0.05) is 49.3 Å². The monoisotopic (exact) mass is 269 g/mol. The molecule has 0 radical (unpaired) electrons. The molecule has 0 aromatic heterocycles. The smallest absolute Gasteiger partial charge is 0.00412 e. The van der Waals surface area contributed by atoms with E-state index in [0.29, 0.717) is 5.41 Å². The van der Waals surface area contributed by atoms with Crippen molar-refractivity contribution in [2.75, 3.05) is 7.05 Å². The number of aryl methyl sites for hydroxylation is 2. The molecule has 0 spiro atoms. The fourth-order valence-electron chi connectivity index (χ4n) is 2.87. The topological polar surface area (TPSA) is 12.0 Å². The Morgan fingerprint density at radius 3 is 2.65 bits per heavy atom. The zero-order chi connectivity index (χ0) is 14.6.